The van der Waals surface area contributed by atoms with Crippen molar-refractivity contribution in [2.75, 3.05) is 13.7 Å². The van der Waals surface area contributed by atoms with Crippen LogP contribution in [0, 0.1) is 5.92 Å². The highest BCUT2D eigenvalue weighted by atomic mass is 16.5. The Bertz CT molecular complexity index is 173. The molecule has 0 heterocycles. The maximum atomic E-state index is 11.2. The maximum Gasteiger partial charge on any atom is 0.223 e. The fourth-order valence-electron chi connectivity index (χ4n) is 0.862. The third kappa shape index (κ3) is 2.81. The predicted octanol–water partition coefficient (Wildman–Crippen LogP) is 0.938. The van der Waals surface area contributed by atoms with Gasteiger partial charge in [0.05, 0.1) is 5.60 Å². The quantitative estimate of drug-likeness (QED) is 0.683. The van der Waals surface area contributed by atoms with E-state index in [4.69, 9.17) is 4.74 Å². The molecular formula is C9H17NO2. The zero-order chi connectivity index (χ0) is 9.19. The van der Waals surface area contributed by atoms with Crippen LogP contribution in [-0.2, 0) is 9.53 Å². The Kier molecular flexibility index (Phi) is 2.73. The topological polar surface area (TPSA) is 38.3 Å². The molecule has 0 radical (unpaired) electrons. The highest BCUT2D eigenvalue weighted by Gasteiger charge is 2.30. The predicted molar refractivity (Wildman–Crippen MR) is 46.8 cm³/mol. The Morgan fingerprint density at radius 2 is 2.17 bits per heavy atom. The van der Waals surface area contributed by atoms with Crippen LogP contribution in [0.2, 0.25) is 0 Å². The van der Waals surface area contributed by atoms with E-state index in [-0.39, 0.29) is 17.4 Å². The van der Waals surface area contributed by atoms with E-state index < -0.39 is 0 Å². The summed E-state index contributed by atoms with van der Waals surface area (Å²) in [5.41, 5.74) is -0.245. The standard InChI is InChI=1S/C9H17NO2/c1-9(2,12-3)6-10-8(11)7-4-5-7/h7H,4-6H2,1-3H3,(H,10,11). The molecule has 1 fully saturated rings. The van der Waals surface area contributed by atoms with Gasteiger partial charge in [0.2, 0.25) is 5.91 Å². The first-order valence-corrected chi connectivity index (χ1v) is 4.38. The van der Waals surface area contributed by atoms with Crippen LogP contribution in [0.1, 0.15) is 26.7 Å². The summed E-state index contributed by atoms with van der Waals surface area (Å²) in [5, 5.41) is 2.87. The van der Waals surface area contributed by atoms with Crippen molar-refractivity contribution in [3.8, 4) is 0 Å². The van der Waals surface area contributed by atoms with Crippen LogP contribution in [-0.4, -0.2) is 25.2 Å². The fraction of sp³-hybridized carbons (Fsp3) is 0.889. The Hall–Kier alpha value is -0.570. The van der Waals surface area contributed by atoms with E-state index >= 15 is 0 Å². The van der Waals surface area contributed by atoms with Crippen molar-refractivity contribution in [2.24, 2.45) is 5.92 Å². The molecule has 1 amide bonds. The SMILES string of the molecule is COC(C)(C)CNC(=O)C1CC1. The van der Waals surface area contributed by atoms with Crippen LogP contribution in [0.3, 0.4) is 0 Å². The van der Waals surface area contributed by atoms with Gasteiger partial charge in [-0.3, -0.25) is 4.79 Å². The second kappa shape index (κ2) is 3.44. The zero-order valence-electron chi connectivity index (χ0n) is 8.02. The van der Waals surface area contributed by atoms with Crippen LogP contribution in [0.5, 0.6) is 0 Å². The third-order valence-electron chi connectivity index (χ3n) is 2.19. The number of methoxy groups -OCH3 is 1. The molecule has 0 atom stereocenters. The molecule has 0 spiro atoms. The van der Waals surface area contributed by atoms with E-state index in [2.05, 4.69) is 5.32 Å². The summed E-state index contributed by atoms with van der Waals surface area (Å²) < 4.78 is 5.17. The molecule has 70 valence electrons. The lowest BCUT2D eigenvalue weighted by Gasteiger charge is -2.22. The lowest BCUT2D eigenvalue weighted by molar-refractivity contribution is -0.123. The van der Waals surface area contributed by atoms with E-state index in [1.807, 2.05) is 13.8 Å². The highest BCUT2D eigenvalue weighted by molar-refractivity contribution is 5.80. The average Bonchev–Trinajstić information content (AvgIpc) is 2.83. The second-order valence-corrected chi connectivity index (χ2v) is 3.96. The number of hydrogen-bond acceptors (Lipinski definition) is 2. The molecule has 0 aromatic heterocycles. The van der Waals surface area contributed by atoms with Gasteiger partial charge < -0.3 is 10.1 Å². The summed E-state index contributed by atoms with van der Waals surface area (Å²) in [5.74, 6) is 0.470. The maximum absolute atomic E-state index is 11.2. The van der Waals surface area contributed by atoms with Gasteiger partial charge in [0.1, 0.15) is 0 Å². The molecule has 0 saturated heterocycles. The van der Waals surface area contributed by atoms with Gasteiger partial charge in [-0.2, -0.15) is 0 Å². The van der Waals surface area contributed by atoms with E-state index in [0.717, 1.165) is 12.8 Å². The van der Waals surface area contributed by atoms with Gasteiger partial charge in [-0.25, -0.2) is 0 Å². The van der Waals surface area contributed by atoms with Crippen LogP contribution in [0.15, 0.2) is 0 Å². The normalized spacial score (nSPS) is 17.6. The molecule has 1 saturated carbocycles. The van der Waals surface area contributed by atoms with Crippen molar-refractivity contribution in [3.63, 3.8) is 0 Å². The van der Waals surface area contributed by atoms with Gasteiger partial charge in [0.15, 0.2) is 0 Å². The van der Waals surface area contributed by atoms with Crippen molar-refractivity contribution in [2.45, 2.75) is 32.3 Å². The summed E-state index contributed by atoms with van der Waals surface area (Å²) in [4.78, 5) is 11.2. The van der Waals surface area contributed by atoms with E-state index in [1.54, 1.807) is 7.11 Å². The molecule has 0 aromatic rings. The monoisotopic (exact) mass is 171 g/mol. The molecule has 1 aliphatic rings. The molecule has 1 rings (SSSR count). The highest BCUT2D eigenvalue weighted by Crippen LogP contribution is 2.28. The van der Waals surface area contributed by atoms with Crippen LogP contribution >= 0.6 is 0 Å². The van der Waals surface area contributed by atoms with Gasteiger partial charge in [0, 0.05) is 19.6 Å². The summed E-state index contributed by atoms with van der Waals surface area (Å²) in [6.07, 6.45) is 2.11. The van der Waals surface area contributed by atoms with Crippen molar-refractivity contribution in [1.82, 2.24) is 5.32 Å². The lowest BCUT2D eigenvalue weighted by Crippen LogP contribution is -2.40. The third-order valence-corrected chi connectivity index (χ3v) is 2.19. The van der Waals surface area contributed by atoms with E-state index in [1.165, 1.54) is 0 Å². The number of carbonyl (C=O) groups is 1. The minimum Gasteiger partial charge on any atom is -0.377 e. The number of nitrogens with one attached hydrogen (secondary N) is 1. The Morgan fingerprint density at radius 3 is 2.58 bits per heavy atom. The van der Waals surface area contributed by atoms with E-state index in [0.29, 0.717) is 6.54 Å². The number of hydrogen-bond donors (Lipinski definition) is 1. The van der Waals surface area contributed by atoms with Crippen molar-refractivity contribution in [3.05, 3.63) is 0 Å². The van der Waals surface area contributed by atoms with Crippen molar-refractivity contribution < 1.29 is 9.53 Å². The van der Waals surface area contributed by atoms with Crippen LogP contribution < -0.4 is 5.32 Å². The largest absolute Gasteiger partial charge is 0.377 e. The Balaban J connectivity index is 2.19. The summed E-state index contributed by atoms with van der Waals surface area (Å²) in [7, 11) is 1.66. The smallest absolute Gasteiger partial charge is 0.223 e. The molecule has 0 aromatic carbocycles. The number of carbonyl (C=O) groups excluding carboxylic acids is 1. The number of ether oxygens (including phenoxy) is 1. The van der Waals surface area contributed by atoms with Gasteiger partial charge in [-0.05, 0) is 26.7 Å². The molecule has 0 bridgehead atoms. The number of rotatable bonds is 4. The van der Waals surface area contributed by atoms with Gasteiger partial charge in [-0.15, -0.1) is 0 Å². The lowest BCUT2D eigenvalue weighted by atomic mass is 10.1. The molecule has 3 nitrogen and oxygen atoms in total. The van der Waals surface area contributed by atoms with Gasteiger partial charge >= 0.3 is 0 Å². The molecule has 3 heteroatoms. The van der Waals surface area contributed by atoms with Crippen molar-refractivity contribution in [1.29, 1.82) is 0 Å². The minimum atomic E-state index is -0.245. The molecule has 1 N–H and O–H groups in total. The first kappa shape index (κ1) is 9.52. The summed E-state index contributed by atoms with van der Waals surface area (Å²) in [6, 6.07) is 0. The van der Waals surface area contributed by atoms with E-state index in [9.17, 15) is 4.79 Å². The first-order chi connectivity index (χ1) is 5.55. The minimum absolute atomic E-state index is 0.181. The van der Waals surface area contributed by atoms with Gasteiger partial charge in [0.25, 0.3) is 0 Å². The molecule has 0 aliphatic heterocycles. The summed E-state index contributed by atoms with van der Waals surface area (Å²) in [6.45, 7) is 4.51. The Morgan fingerprint density at radius 1 is 1.58 bits per heavy atom. The number of amides is 1. The van der Waals surface area contributed by atoms with Crippen molar-refractivity contribution >= 4 is 5.91 Å². The molecule has 1 aliphatic carbocycles. The second-order valence-electron chi connectivity index (χ2n) is 3.96. The summed E-state index contributed by atoms with van der Waals surface area (Å²) >= 11 is 0. The first-order valence-electron chi connectivity index (χ1n) is 4.38. The zero-order valence-corrected chi connectivity index (χ0v) is 8.02. The van der Waals surface area contributed by atoms with Crippen LogP contribution in [0.25, 0.3) is 0 Å². The average molecular weight is 171 g/mol. The molecule has 0 unspecified atom stereocenters. The molecular weight excluding hydrogens is 154 g/mol. The molecule has 12 heavy (non-hydrogen) atoms. The Labute approximate surface area is 73.5 Å². The van der Waals surface area contributed by atoms with Crippen LogP contribution in [0.4, 0.5) is 0 Å². The fourth-order valence-corrected chi connectivity index (χ4v) is 0.862. The van der Waals surface area contributed by atoms with Gasteiger partial charge in [-0.1, -0.05) is 0 Å².